The first-order chi connectivity index (χ1) is 10.1. The van der Waals surface area contributed by atoms with Crippen LogP contribution in [0.1, 0.15) is 27.7 Å². The number of carbonyl (C=O) groups excluding carboxylic acids is 1. The van der Waals surface area contributed by atoms with Gasteiger partial charge in [-0.05, 0) is 18.4 Å². The third-order valence-corrected chi connectivity index (χ3v) is 3.62. The Kier molecular flexibility index (Phi) is 5.83. The number of hydrogen-bond donors (Lipinski definition) is 1. The van der Waals surface area contributed by atoms with Gasteiger partial charge >= 0.3 is 11.9 Å². The summed E-state index contributed by atoms with van der Waals surface area (Å²) < 4.78 is 5.75. The van der Waals surface area contributed by atoms with Gasteiger partial charge in [-0.15, -0.1) is 0 Å². The number of rotatable bonds is 4. The molecule has 1 saturated heterocycles. The van der Waals surface area contributed by atoms with Gasteiger partial charge in [0.2, 0.25) is 0 Å². The zero-order valence-corrected chi connectivity index (χ0v) is 14.1. The van der Waals surface area contributed by atoms with Crippen LogP contribution in [-0.4, -0.2) is 41.1 Å². The molecule has 0 radical (unpaired) electrons. The summed E-state index contributed by atoms with van der Waals surface area (Å²) >= 11 is 6.06. The van der Waals surface area contributed by atoms with E-state index in [0.717, 1.165) is 5.57 Å². The topological polar surface area (TPSA) is 66.8 Å². The number of likely N-dealkylation sites (tertiary alicyclic amines) is 1. The fourth-order valence-corrected chi connectivity index (χ4v) is 2.12. The fraction of sp³-hybridized carbons (Fsp3) is 0.500. The standard InChI is InChI=1S/C16H22ClNO4/c1-6-11(17)7-13(16(3,4)5)10(2)22-12-8-18(9-12)14(19)15(20)21/h6-7,12H,2,8-9H2,1,3-5H3,(H,20,21)/b11-6+,13-7+. The number of allylic oxidation sites excluding steroid dienone is 4. The number of nitrogens with zero attached hydrogens (tertiary/aromatic N) is 1. The maximum absolute atomic E-state index is 11.2. The highest BCUT2D eigenvalue weighted by atomic mass is 35.5. The van der Waals surface area contributed by atoms with E-state index in [9.17, 15) is 9.59 Å². The van der Waals surface area contributed by atoms with E-state index in [4.69, 9.17) is 21.4 Å². The Labute approximate surface area is 135 Å². The number of ether oxygens (including phenoxy) is 1. The molecule has 6 heteroatoms. The smallest absolute Gasteiger partial charge is 0.394 e. The number of carboxylic acids is 1. The van der Waals surface area contributed by atoms with E-state index in [1.165, 1.54) is 4.90 Å². The average Bonchev–Trinajstić information content (AvgIpc) is 2.36. The number of carbonyl (C=O) groups is 2. The van der Waals surface area contributed by atoms with Crippen molar-refractivity contribution in [3.8, 4) is 0 Å². The SMILES string of the molecule is C=C(OC1CN(C(=O)C(=O)O)C1)/C(=C\C(Cl)=C/C)C(C)(C)C. The molecular formula is C16H22ClNO4. The molecule has 1 N–H and O–H groups in total. The van der Waals surface area contributed by atoms with Crippen LogP contribution in [0.3, 0.4) is 0 Å². The van der Waals surface area contributed by atoms with Crippen molar-refractivity contribution >= 4 is 23.5 Å². The van der Waals surface area contributed by atoms with E-state index < -0.39 is 11.9 Å². The molecule has 0 saturated carbocycles. The van der Waals surface area contributed by atoms with E-state index in [2.05, 4.69) is 6.58 Å². The van der Waals surface area contributed by atoms with Crippen LogP contribution in [0.25, 0.3) is 0 Å². The lowest BCUT2D eigenvalue weighted by atomic mass is 9.85. The quantitative estimate of drug-likeness (QED) is 0.490. The van der Waals surface area contributed by atoms with Crippen LogP contribution in [0.4, 0.5) is 0 Å². The van der Waals surface area contributed by atoms with Gasteiger partial charge in [-0.3, -0.25) is 4.79 Å². The molecule has 1 heterocycles. The summed E-state index contributed by atoms with van der Waals surface area (Å²) in [5.41, 5.74) is 0.652. The first kappa shape index (κ1) is 18.3. The Hall–Kier alpha value is -1.75. The van der Waals surface area contributed by atoms with Gasteiger partial charge < -0.3 is 14.7 Å². The van der Waals surface area contributed by atoms with Crippen LogP contribution in [0.5, 0.6) is 0 Å². The Balaban J connectivity index is 2.70. The number of hydrogen-bond acceptors (Lipinski definition) is 3. The largest absolute Gasteiger partial charge is 0.487 e. The van der Waals surface area contributed by atoms with Crippen molar-refractivity contribution in [3.05, 3.63) is 35.1 Å². The van der Waals surface area contributed by atoms with E-state index in [-0.39, 0.29) is 24.6 Å². The molecule has 0 aromatic rings. The van der Waals surface area contributed by atoms with E-state index in [1.54, 1.807) is 6.08 Å². The van der Waals surface area contributed by atoms with Gasteiger partial charge in [0, 0.05) is 10.6 Å². The molecule has 22 heavy (non-hydrogen) atoms. The summed E-state index contributed by atoms with van der Waals surface area (Å²) in [5, 5.41) is 9.22. The molecule has 0 bridgehead atoms. The molecule has 1 aliphatic heterocycles. The Morgan fingerprint density at radius 1 is 1.36 bits per heavy atom. The Bertz CT molecular complexity index is 537. The highest BCUT2D eigenvalue weighted by Gasteiger charge is 2.36. The minimum atomic E-state index is -1.45. The minimum Gasteiger partial charge on any atom is -0.487 e. The monoisotopic (exact) mass is 327 g/mol. The summed E-state index contributed by atoms with van der Waals surface area (Å²) in [6.07, 6.45) is 3.34. The second-order valence-electron chi connectivity index (χ2n) is 6.16. The predicted molar refractivity (Wildman–Crippen MR) is 85.4 cm³/mol. The van der Waals surface area contributed by atoms with E-state index in [1.807, 2.05) is 33.8 Å². The van der Waals surface area contributed by atoms with E-state index >= 15 is 0 Å². The maximum atomic E-state index is 11.2. The molecule has 122 valence electrons. The lowest BCUT2D eigenvalue weighted by Crippen LogP contribution is -2.56. The highest BCUT2D eigenvalue weighted by Crippen LogP contribution is 2.34. The number of amides is 1. The molecule has 1 amide bonds. The highest BCUT2D eigenvalue weighted by molar-refractivity contribution is 6.31. The number of carboxylic acid groups (broad SMARTS) is 1. The first-order valence-electron chi connectivity index (χ1n) is 6.98. The third-order valence-electron chi connectivity index (χ3n) is 3.29. The second kappa shape index (κ2) is 7.01. The molecule has 0 unspecified atom stereocenters. The van der Waals surface area contributed by atoms with Crippen molar-refractivity contribution in [2.24, 2.45) is 5.41 Å². The van der Waals surface area contributed by atoms with Crippen LogP contribution in [0.15, 0.2) is 35.1 Å². The summed E-state index contributed by atoms with van der Waals surface area (Å²) in [7, 11) is 0. The maximum Gasteiger partial charge on any atom is 0.394 e. The van der Waals surface area contributed by atoms with Crippen LogP contribution in [-0.2, 0) is 14.3 Å². The second-order valence-corrected chi connectivity index (χ2v) is 6.60. The molecule has 0 spiro atoms. The van der Waals surface area contributed by atoms with Crippen LogP contribution >= 0.6 is 11.6 Å². The summed E-state index contributed by atoms with van der Waals surface area (Å²) in [4.78, 5) is 23.0. The predicted octanol–water partition coefficient (Wildman–Crippen LogP) is 2.93. The fourth-order valence-electron chi connectivity index (χ4n) is 2.01. The van der Waals surface area contributed by atoms with Crippen LogP contribution in [0.2, 0.25) is 0 Å². The molecule has 0 aromatic heterocycles. The van der Waals surface area contributed by atoms with Crippen LogP contribution in [0, 0.1) is 5.41 Å². The van der Waals surface area contributed by atoms with Gasteiger partial charge in [0.25, 0.3) is 0 Å². The lowest BCUT2D eigenvalue weighted by molar-refractivity contribution is -0.161. The van der Waals surface area contributed by atoms with Crippen molar-refractivity contribution in [3.63, 3.8) is 0 Å². The Morgan fingerprint density at radius 3 is 2.32 bits per heavy atom. The molecule has 5 nitrogen and oxygen atoms in total. The summed E-state index contributed by atoms with van der Waals surface area (Å²) in [6, 6.07) is 0. The third kappa shape index (κ3) is 4.63. The van der Waals surface area contributed by atoms with E-state index in [0.29, 0.717) is 10.8 Å². The molecule has 0 atom stereocenters. The van der Waals surface area contributed by atoms with Crippen molar-refractivity contribution in [2.75, 3.05) is 13.1 Å². The molecule has 1 rings (SSSR count). The Morgan fingerprint density at radius 2 is 1.91 bits per heavy atom. The van der Waals surface area contributed by atoms with Gasteiger partial charge in [-0.2, -0.15) is 0 Å². The van der Waals surface area contributed by atoms with Crippen molar-refractivity contribution in [2.45, 2.75) is 33.8 Å². The van der Waals surface area contributed by atoms with Gasteiger partial charge in [0.05, 0.1) is 13.1 Å². The molecule has 1 aliphatic rings. The van der Waals surface area contributed by atoms with Gasteiger partial charge in [0.1, 0.15) is 11.9 Å². The molecular weight excluding hydrogens is 306 g/mol. The summed E-state index contributed by atoms with van der Waals surface area (Å²) in [6.45, 7) is 12.3. The van der Waals surface area contributed by atoms with Gasteiger partial charge in [-0.1, -0.05) is 45.0 Å². The van der Waals surface area contributed by atoms with Gasteiger partial charge in [-0.25, -0.2) is 4.79 Å². The van der Waals surface area contributed by atoms with Gasteiger partial charge in [0.15, 0.2) is 0 Å². The zero-order chi connectivity index (χ0) is 17.1. The zero-order valence-electron chi connectivity index (χ0n) is 13.4. The summed E-state index contributed by atoms with van der Waals surface area (Å²) in [5.74, 6) is -1.87. The van der Waals surface area contributed by atoms with Crippen molar-refractivity contribution < 1.29 is 19.4 Å². The molecule has 0 aromatic carbocycles. The van der Waals surface area contributed by atoms with Crippen LogP contribution < -0.4 is 0 Å². The normalized spacial score (nSPS) is 17.0. The molecule has 1 fully saturated rings. The first-order valence-corrected chi connectivity index (χ1v) is 7.36. The average molecular weight is 328 g/mol. The number of aliphatic carboxylic acids is 1. The van der Waals surface area contributed by atoms with Crippen molar-refractivity contribution in [1.82, 2.24) is 4.90 Å². The van der Waals surface area contributed by atoms with Crippen molar-refractivity contribution in [1.29, 1.82) is 0 Å². The molecule has 0 aliphatic carbocycles. The minimum absolute atomic E-state index is 0.208. The number of halogens is 1. The lowest BCUT2D eigenvalue weighted by Gasteiger charge is -2.39.